The van der Waals surface area contributed by atoms with Crippen molar-refractivity contribution in [1.82, 2.24) is 24.9 Å². The zero-order chi connectivity index (χ0) is 37.8. The molecule has 1 fully saturated rings. The number of rotatable bonds is 15. The van der Waals surface area contributed by atoms with Crippen LogP contribution in [0.1, 0.15) is 47.2 Å². The van der Waals surface area contributed by atoms with Crippen molar-refractivity contribution in [1.29, 1.82) is 0 Å². The van der Waals surface area contributed by atoms with Crippen molar-refractivity contribution < 1.29 is 49.2 Å². The molecule has 0 saturated carbocycles. The molecule has 0 aliphatic carbocycles. The van der Waals surface area contributed by atoms with E-state index in [0.717, 1.165) is 16.8 Å². The first-order valence-electron chi connectivity index (χ1n) is 17.3. The molecule has 2 amide bonds. The fourth-order valence-electron chi connectivity index (χ4n) is 6.57. The summed E-state index contributed by atoms with van der Waals surface area (Å²) in [6.07, 6.45) is 0.456. The molecule has 0 spiro atoms. The lowest BCUT2D eigenvalue weighted by Crippen LogP contribution is -2.53. The maximum absolute atomic E-state index is 13.1. The smallest absolute Gasteiger partial charge is 0.320 e. The van der Waals surface area contributed by atoms with Crippen LogP contribution in [0, 0.1) is 0 Å². The van der Waals surface area contributed by atoms with E-state index in [0.29, 0.717) is 18.5 Å². The molecular weight excluding hydrogens is 676 g/mol. The average Bonchev–Trinajstić information content (AvgIpc) is 3.43. The van der Waals surface area contributed by atoms with Gasteiger partial charge in [0.25, 0.3) is 5.91 Å². The molecule has 0 bridgehead atoms. The van der Waals surface area contributed by atoms with Crippen molar-refractivity contribution in [2.75, 3.05) is 83.4 Å². The molecule has 0 aromatic heterocycles. The lowest BCUT2D eigenvalue weighted by atomic mass is 9.99. The van der Waals surface area contributed by atoms with Crippen LogP contribution < -0.4 is 25.5 Å². The fraction of sp³-hybridized carbons (Fsp3) is 0.500. The summed E-state index contributed by atoms with van der Waals surface area (Å²) in [5.41, 5.74) is 3.10. The molecule has 52 heavy (non-hydrogen) atoms. The molecule has 2 aliphatic rings. The maximum Gasteiger partial charge on any atom is 0.320 e. The van der Waals surface area contributed by atoms with E-state index in [2.05, 4.69) is 5.32 Å². The number of hydrogen-bond acceptors (Lipinski definition) is 13. The van der Waals surface area contributed by atoms with Crippen molar-refractivity contribution in [3.05, 3.63) is 65.2 Å². The van der Waals surface area contributed by atoms with Gasteiger partial charge in [0.1, 0.15) is 6.04 Å². The molecule has 4 rings (SSSR count). The second-order valence-corrected chi connectivity index (χ2v) is 13.1. The van der Waals surface area contributed by atoms with E-state index in [1.807, 2.05) is 42.5 Å². The second kappa shape index (κ2) is 19.1. The third kappa shape index (κ3) is 11.6. The van der Waals surface area contributed by atoms with E-state index in [4.69, 9.17) is 0 Å². The van der Waals surface area contributed by atoms with Crippen LogP contribution in [-0.2, 0) is 30.5 Å². The van der Waals surface area contributed by atoms with Crippen LogP contribution in [0.25, 0.3) is 0 Å². The first kappa shape index (κ1) is 39.9. The van der Waals surface area contributed by atoms with Crippen molar-refractivity contribution in [3.8, 4) is 0 Å². The first-order chi connectivity index (χ1) is 24.8. The Bertz CT molecular complexity index is 1560. The van der Waals surface area contributed by atoms with E-state index in [9.17, 15) is 49.2 Å². The van der Waals surface area contributed by atoms with Gasteiger partial charge < -0.3 is 45.0 Å². The van der Waals surface area contributed by atoms with E-state index < -0.39 is 55.5 Å². The minimum Gasteiger partial charge on any atom is -0.549 e. The van der Waals surface area contributed by atoms with Gasteiger partial charge >= 0.3 is 5.97 Å². The quantitative estimate of drug-likeness (QED) is 0.173. The molecule has 2 aliphatic heterocycles. The Hall–Kier alpha value is -4.90. The number of fused-ring (bicyclic) bond motifs is 1. The fourth-order valence-corrected chi connectivity index (χ4v) is 6.57. The molecule has 16 nitrogen and oxygen atoms in total. The van der Waals surface area contributed by atoms with E-state index >= 15 is 0 Å². The summed E-state index contributed by atoms with van der Waals surface area (Å²) in [6.45, 7) is 2.20. The monoisotopic (exact) mass is 721 g/mol. The lowest BCUT2D eigenvalue weighted by molar-refractivity contribution is -0.308. The number of nitrogens with zero attached hydrogens (tertiary/aromatic N) is 5. The van der Waals surface area contributed by atoms with Crippen molar-refractivity contribution >= 4 is 41.4 Å². The van der Waals surface area contributed by atoms with Crippen LogP contribution in [0.5, 0.6) is 0 Å². The highest BCUT2D eigenvalue weighted by Gasteiger charge is 2.29. The summed E-state index contributed by atoms with van der Waals surface area (Å²) >= 11 is 0. The summed E-state index contributed by atoms with van der Waals surface area (Å²) in [7, 11) is 0. The van der Waals surface area contributed by atoms with Crippen molar-refractivity contribution in [2.24, 2.45) is 0 Å². The Balaban J connectivity index is 1.35. The number of carboxylic acids is 4. The van der Waals surface area contributed by atoms with Crippen LogP contribution in [0.2, 0.25) is 0 Å². The predicted octanol–water partition coefficient (Wildman–Crippen LogP) is -3.23. The van der Waals surface area contributed by atoms with Gasteiger partial charge in [-0.05, 0) is 49.1 Å². The maximum atomic E-state index is 13.1. The van der Waals surface area contributed by atoms with Crippen LogP contribution in [0.3, 0.4) is 0 Å². The van der Waals surface area contributed by atoms with E-state index in [1.54, 1.807) is 32.6 Å². The summed E-state index contributed by atoms with van der Waals surface area (Å²) in [5.74, 6) is -5.97. The van der Waals surface area contributed by atoms with Gasteiger partial charge in [0.15, 0.2) is 0 Å². The van der Waals surface area contributed by atoms with Gasteiger partial charge in [-0.25, -0.2) is 0 Å². The third-order valence-corrected chi connectivity index (χ3v) is 9.53. The zero-order valence-electron chi connectivity index (χ0n) is 29.2. The number of anilines is 1. The highest BCUT2D eigenvalue weighted by molar-refractivity contribution is 6.10. The Labute approximate surface area is 302 Å². The number of amides is 2. The number of carbonyl (C=O) groups is 6. The average molecular weight is 722 g/mol. The molecule has 2 aromatic rings. The molecule has 2 atom stereocenters. The van der Waals surface area contributed by atoms with Gasteiger partial charge in [-0.3, -0.25) is 34.0 Å². The van der Waals surface area contributed by atoms with Gasteiger partial charge in [0.05, 0.1) is 30.4 Å². The number of benzene rings is 2. The molecular formula is C36H45N6O10-3. The normalized spacial score (nSPS) is 18.1. The van der Waals surface area contributed by atoms with Crippen LogP contribution in [-0.4, -0.2) is 145 Å². The summed E-state index contributed by atoms with van der Waals surface area (Å²) in [6, 6.07) is 13.7. The van der Waals surface area contributed by atoms with Crippen LogP contribution in [0.15, 0.2) is 48.5 Å². The Morgan fingerprint density at radius 2 is 1.25 bits per heavy atom. The van der Waals surface area contributed by atoms with Crippen LogP contribution in [0.4, 0.5) is 5.69 Å². The number of aliphatic carboxylic acids is 4. The van der Waals surface area contributed by atoms with Gasteiger partial charge in [-0.2, -0.15) is 0 Å². The summed E-state index contributed by atoms with van der Waals surface area (Å²) in [4.78, 5) is 80.6. The number of carboxylic acid groups (broad SMARTS) is 4. The molecule has 2 heterocycles. The highest BCUT2D eigenvalue weighted by atomic mass is 16.4. The van der Waals surface area contributed by atoms with Gasteiger partial charge in [0, 0.05) is 89.8 Å². The Kier molecular flexibility index (Phi) is 14.6. The minimum absolute atomic E-state index is 0.0754. The Morgan fingerprint density at radius 1 is 0.750 bits per heavy atom. The van der Waals surface area contributed by atoms with Crippen molar-refractivity contribution in [3.63, 3.8) is 0 Å². The molecule has 2 N–H and O–H groups in total. The van der Waals surface area contributed by atoms with Gasteiger partial charge in [0.2, 0.25) is 5.91 Å². The number of hydrogen-bond donors (Lipinski definition) is 2. The molecule has 282 valence electrons. The minimum atomic E-state index is -1.34. The predicted molar refractivity (Wildman–Crippen MR) is 181 cm³/mol. The third-order valence-electron chi connectivity index (χ3n) is 9.53. The van der Waals surface area contributed by atoms with Gasteiger partial charge in [-0.1, -0.05) is 30.3 Å². The molecule has 1 saturated heterocycles. The second-order valence-electron chi connectivity index (χ2n) is 13.1. The lowest BCUT2D eigenvalue weighted by Gasteiger charge is -2.36. The molecule has 2 aromatic carbocycles. The zero-order valence-corrected chi connectivity index (χ0v) is 29.2. The topological polar surface area (TPSA) is 220 Å². The van der Waals surface area contributed by atoms with E-state index in [1.165, 1.54) is 4.90 Å². The first-order valence-corrected chi connectivity index (χ1v) is 17.3. The van der Waals surface area contributed by atoms with E-state index in [-0.39, 0.29) is 77.1 Å². The molecule has 16 heteroatoms. The number of carbonyl (C=O) groups excluding carboxylic acids is 5. The van der Waals surface area contributed by atoms with Crippen LogP contribution >= 0.6 is 0 Å². The Morgan fingerprint density at radius 3 is 1.73 bits per heavy atom. The SMILES string of the molecule is CC(C(=O)NCCCC(C(=O)O)N1CCN(CC(=O)[O-])CCN(CC(=O)[O-])CCN(CC(=O)[O-])CC1)c1ccc(N2Cc3ccccc3C2=O)cc1. The standard InChI is InChI=1S/C36H48N6O10/c1-25(26-8-10-28(11-9-26)42-21-27-5-2-3-6-29(27)35(42)50)34(49)37-12-4-7-30(36(51)52)41-19-17-39(23-32(45)46)15-13-38(22-31(43)44)14-16-40(18-20-41)24-33(47)48/h2-3,5-6,8-11,25,30H,4,7,12-24H2,1H3,(H,37,49)(H,43,44)(H,45,46)(H,47,48)(H,51,52)/p-3. The number of nitrogens with one attached hydrogen (secondary N) is 1. The van der Waals surface area contributed by atoms with Gasteiger partial charge in [-0.15, -0.1) is 0 Å². The summed E-state index contributed by atoms with van der Waals surface area (Å²) in [5, 5.41) is 47.3. The molecule has 2 unspecified atom stereocenters. The molecule has 0 radical (unpaired) electrons. The highest BCUT2D eigenvalue weighted by Crippen LogP contribution is 2.29. The largest absolute Gasteiger partial charge is 0.549 e. The van der Waals surface area contributed by atoms with Crippen molar-refractivity contribution in [2.45, 2.75) is 38.3 Å². The summed E-state index contributed by atoms with van der Waals surface area (Å²) < 4.78 is 0.